The summed E-state index contributed by atoms with van der Waals surface area (Å²) in [7, 11) is -1.92. The van der Waals surface area contributed by atoms with Crippen molar-refractivity contribution in [1.82, 2.24) is 0 Å². The second kappa shape index (κ2) is 13.8. The highest BCUT2D eigenvalue weighted by Gasteiger charge is 2.44. The predicted octanol–water partition coefficient (Wildman–Crippen LogP) is 3.44. The van der Waals surface area contributed by atoms with Crippen LogP contribution in [0.3, 0.4) is 0 Å². The van der Waals surface area contributed by atoms with Gasteiger partial charge in [-0.3, -0.25) is 14.4 Å². The van der Waals surface area contributed by atoms with E-state index in [2.05, 4.69) is 91.0 Å². The molecule has 0 fully saturated rings. The van der Waals surface area contributed by atoms with Crippen molar-refractivity contribution in [3.63, 3.8) is 0 Å². The number of ether oxygens (including phenoxy) is 1. The molecule has 0 radical (unpaired) electrons. The van der Waals surface area contributed by atoms with E-state index < -0.39 is 19.0 Å². The summed E-state index contributed by atoms with van der Waals surface area (Å²) in [6.07, 6.45) is 3.89. The van der Waals surface area contributed by atoms with Gasteiger partial charge in [0.25, 0.3) is 0 Å². The maximum absolute atomic E-state index is 13.3. The number of ketones is 2. The van der Waals surface area contributed by atoms with Crippen LogP contribution in [-0.2, 0) is 9.53 Å². The van der Waals surface area contributed by atoms with Crippen LogP contribution in [0.25, 0.3) is 0 Å². The number of esters is 1. The molecule has 0 saturated heterocycles. The molecule has 0 unspecified atom stereocenters. The van der Waals surface area contributed by atoms with Gasteiger partial charge in [0.15, 0.2) is 11.5 Å². The fourth-order valence-corrected chi connectivity index (χ4v) is 10.0. The summed E-state index contributed by atoms with van der Waals surface area (Å²) >= 11 is 0. The number of unbranched alkanes of at least 4 members (excludes halogenated alkanes) is 2. The first-order valence-corrected chi connectivity index (χ1v) is 15.6. The smallest absolute Gasteiger partial charge is 0.308 e. The van der Waals surface area contributed by atoms with Crippen LogP contribution in [0.4, 0.5) is 0 Å². The lowest BCUT2D eigenvalue weighted by Crippen LogP contribution is -3.00. The van der Waals surface area contributed by atoms with Crippen LogP contribution in [0.15, 0.2) is 127 Å². The second-order valence-electron chi connectivity index (χ2n) is 9.96. The molecule has 0 saturated carbocycles. The Morgan fingerprint density at radius 3 is 1.51 bits per heavy atom. The number of allylic oxidation sites excluding steroid dienone is 2. The van der Waals surface area contributed by atoms with Crippen LogP contribution in [0, 0.1) is 0 Å². The van der Waals surface area contributed by atoms with Crippen LogP contribution in [-0.4, -0.2) is 23.7 Å². The van der Waals surface area contributed by atoms with Crippen molar-refractivity contribution < 1.29 is 36.1 Å². The molecule has 1 aliphatic rings. The van der Waals surface area contributed by atoms with Crippen LogP contribution in [0.2, 0.25) is 0 Å². The van der Waals surface area contributed by atoms with Gasteiger partial charge in [0.1, 0.15) is 23.2 Å². The van der Waals surface area contributed by atoms with Crippen molar-refractivity contribution in [3.05, 3.63) is 138 Å². The maximum atomic E-state index is 13.3. The predicted molar refractivity (Wildman–Crippen MR) is 162 cm³/mol. The third-order valence-electron chi connectivity index (χ3n) is 7.43. The largest absolute Gasteiger partial charge is 1.00 e. The van der Waals surface area contributed by atoms with Crippen molar-refractivity contribution in [2.45, 2.75) is 32.6 Å². The van der Waals surface area contributed by atoms with Gasteiger partial charge in [-0.05, 0) is 62.1 Å². The standard InChI is InChI=1S/C35H32O4P.BrH/c1-26(36)39-35-32(33(37)30-22-13-14-23-31(30)34(35)38)24-12-5-15-25-40(27-16-6-2-7-17-27,28-18-8-3-9-19-28)29-20-10-4-11-21-29;/h2-4,6-11,13-14,16-23H,5,12,15,24-25H2,1H3;1H/q+1;/p-1. The highest BCUT2D eigenvalue weighted by Crippen LogP contribution is 2.56. The third kappa shape index (κ3) is 6.32. The van der Waals surface area contributed by atoms with Gasteiger partial charge in [-0.1, -0.05) is 78.9 Å². The average molecular weight is 628 g/mol. The SMILES string of the molecule is CC(=O)OC1=C(CCCCC[P+](c2ccccc2)(c2ccccc2)c2ccccc2)C(=O)c2ccccc2C1=O.[Br-]. The lowest BCUT2D eigenvalue weighted by Gasteiger charge is -2.27. The molecule has 4 aromatic rings. The summed E-state index contributed by atoms with van der Waals surface area (Å²) < 4.78 is 5.30. The maximum Gasteiger partial charge on any atom is 0.308 e. The number of hydrogen-bond acceptors (Lipinski definition) is 4. The van der Waals surface area contributed by atoms with Crippen LogP contribution >= 0.6 is 7.26 Å². The van der Waals surface area contributed by atoms with E-state index in [4.69, 9.17) is 4.74 Å². The molecule has 0 spiro atoms. The fourth-order valence-electron chi connectivity index (χ4n) is 5.59. The van der Waals surface area contributed by atoms with Gasteiger partial charge in [-0.15, -0.1) is 0 Å². The molecule has 4 nitrogen and oxygen atoms in total. The summed E-state index contributed by atoms with van der Waals surface area (Å²) in [6, 6.07) is 39.1. The first-order valence-electron chi connectivity index (χ1n) is 13.7. The average Bonchev–Trinajstić information content (AvgIpc) is 3.00. The Hall–Kier alpha value is -3.66. The third-order valence-corrected chi connectivity index (χ3v) is 12.0. The minimum atomic E-state index is -1.92. The summed E-state index contributed by atoms with van der Waals surface area (Å²) in [5.41, 5.74) is 0.963. The highest BCUT2D eigenvalue weighted by atomic mass is 79.9. The lowest BCUT2D eigenvalue weighted by molar-refractivity contribution is -0.136. The van der Waals surface area contributed by atoms with Crippen molar-refractivity contribution in [2.24, 2.45) is 0 Å². The molecule has 208 valence electrons. The van der Waals surface area contributed by atoms with Crippen molar-refractivity contribution >= 4 is 40.7 Å². The monoisotopic (exact) mass is 626 g/mol. The van der Waals surface area contributed by atoms with Gasteiger partial charge in [-0.25, -0.2) is 0 Å². The number of fused-ring (bicyclic) bond motifs is 1. The Bertz CT molecular complexity index is 1450. The topological polar surface area (TPSA) is 60.4 Å². The molecule has 0 N–H and O–H groups in total. The van der Waals surface area contributed by atoms with Crippen molar-refractivity contribution in [1.29, 1.82) is 0 Å². The summed E-state index contributed by atoms with van der Waals surface area (Å²) in [4.78, 5) is 38.2. The van der Waals surface area contributed by atoms with Gasteiger partial charge < -0.3 is 21.7 Å². The fraction of sp³-hybridized carbons (Fsp3) is 0.171. The van der Waals surface area contributed by atoms with Crippen molar-refractivity contribution in [2.75, 3.05) is 6.16 Å². The van der Waals surface area contributed by atoms with Gasteiger partial charge >= 0.3 is 5.97 Å². The van der Waals surface area contributed by atoms with Gasteiger partial charge in [-0.2, -0.15) is 0 Å². The zero-order chi connectivity index (χ0) is 28.0. The van der Waals surface area contributed by atoms with Gasteiger partial charge in [0.2, 0.25) is 5.78 Å². The molecule has 0 atom stereocenters. The Labute approximate surface area is 252 Å². The number of hydrogen-bond donors (Lipinski definition) is 0. The summed E-state index contributed by atoms with van der Waals surface area (Å²) in [5.74, 6) is -1.35. The Kier molecular flexibility index (Phi) is 10.2. The number of rotatable bonds is 10. The zero-order valence-corrected chi connectivity index (χ0v) is 25.4. The first-order chi connectivity index (χ1) is 19.5. The van der Waals surface area contributed by atoms with E-state index in [1.807, 2.05) is 0 Å². The van der Waals surface area contributed by atoms with Gasteiger partial charge in [0.05, 0.1) is 6.16 Å². The van der Waals surface area contributed by atoms with E-state index in [1.54, 1.807) is 24.3 Å². The molecule has 5 rings (SSSR count). The number of Topliss-reactive ketones (excluding diaryl/α,β-unsaturated/α-hetero) is 2. The Morgan fingerprint density at radius 2 is 1.05 bits per heavy atom. The molecular weight excluding hydrogens is 595 g/mol. The van der Waals surface area contributed by atoms with Gasteiger partial charge in [0, 0.05) is 23.6 Å². The van der Waals surface area contributed by atoms with Crippen molar-refractivity contribution in [3.8, 4) is 0 Å². The summed E-state index contributed by atoms with van der Waals surface area (Å²) in [6.45, 7) is 1.25. The number of halogens is 1. The molecule has 4 aromatic carbocycles. The number of carbonyl (C=O) groups is 3. The molecule has 0 amide bonds. The number of carbonyl (C=O) groups excluding carboxylic acids is 3. The van der Waals surface area contributed by atoms with E-state index in [0.29, 0.717) is 24.0 Å². The van der Waals surface area contributed by atoms with E-state index in [0.717, 1.165) is 19.0 Å². The minimum absolute atomic E-state index is 0. The number of benzene rings is 4. The normalized spacial score (nSPS) is 12.9. The molecule has 41 heavy (non-hydrogen) atoms. The second-order valence-corrected chi connectivity index (χ2v) is 13.6. The lowest BCUT2D eigenvalue weighted by atomic mass is 9.86. The molecule has 6 heteroatoms. The zero-order valence-electron chi connectivity index (χ0n) is 23.0. The highest BCUT2D eigenvalue weighted by molar-refractivity contribution is 7.95. The minimum Gasteiger partial charge on any atom is -1.00 e. The molecule has 1 aliphatic carbocycles. The summed E-state index contributed by atoms with van der Waals surface area (Å²) in [5, 5.41) is 4.03. The molecule has 0 aliphatic heterocycles. The molecule has 0 bridgehead atoms. The molecule has 0 heterocycles. The molecule has 0 aromatic heterocycles. The van der Waals surface area contributed by atoms with E-state index in [-0.39, 0.29) is 34.1 Å². The quantitative estimate of drug-likeness (QED) is 0.154. The van der Waals surface area contributed by atoms with Crippen LogP contribution in [0.1, 0.15) is 53.3 Å². The first kappa shape index (κ1) is 30.3. The molecular formula is C35H32BrO4P. The van der Waals surface area contributed by atoms with Crippen LogP contribution in [0.5, 0.6) is 0 Å². The van der Waals surface area contributed by atoms with E-state index >= 15 is 0 Å². The Balaban J connectivity index is 0.00000387. The van der Waals surface area contributed by atoms with E-state index in [1.165, 1.54) is 22.8 Å². The van der Waals surface area contributed by atoms with E-state index in [9.17, 15) is 14.4 Å². The van der Waals surface area contributed by atoms with Crippen LogP contribution < -0.4 is 32.9 Å². The Morgan fingerprint density at radius 1 is 0.610 bits per heavy atom.